The summed E-state index contributed by atoms with van der Waals surface area (Å²) in [6, 6.07) is 32.7. The quantitative estimate of drug-likeness (QED) is 0.527. The molecule has 0 atom stereocenters. The van der Waals surface area contributed by atoms with E-state index in [4.69, 9.17) is 0 Å². The Morgan fingerprint density at radius 3 is 1.70 bits per heavy atom. The molecule has 0 unspecified atom stereocenters. The van der Waals surface area contributed by atoms with Gasteiger partial charge in [-0.05, 0) is 23.3 Å². The van der Waals surface area contributed by atoms with Gasteiger partial charge in [0, 0.05) is 29.8 Å². The highest BCUT2D eigenvalue weighted by atomic mass is 16.4. The number of aromatic nitrogens is 1. The van der Waals surface area contributed by atoms with E-state index in [0.717, 1.165) is 28.1 Å². The molecule has 0 N–H and O–H groups in total. The van der Waals surface area contributed by atoms with E-state index in [2.05, 4.69) is 0 Å². The third-order valence-corrected chi connectivity index (χ3v) is 4.47. The summed E-state index contributed by atoms with van der Waals surface area (Å²) in [5, 5.41) is 12.0. The number of pyridine rings is 1. The monoisotopic (exact) mass is 351 g/mol. The first-order valence-electron chi connectivity index (χ1n) is 8.72. The lowest BCUT2D eigenvalue weighted by molar-refractivity contribution is -0.590. The van der Waals surface area contributed by atoms with E-state index in [1.807, 2.05) is 97.1 Å². The molecule has 1 aromatic heterocycles. The maximum absolute atomic E-state index is 12.0. The van der Waals surface area contributed by atoms with Gasteiger partial charge in [-0.15, -0.1) is 0 Å². The molecule has 0 bridgehead atoms. The molecule has 0 radical (unpaired) electrons. The van der Waals surface area contributed by atoms with Gasteiger partial charge in [-0.25, -0.2) is 0 Å². The van der Waals surface area contributed by atoms with Crippen molar-refractivity contribution in [3.8, 4) is 28.1 Å². The summed E-state index contributed by atoms with van der Waals surface area (Å²) in [4.78, 5) is 12.0. The maximum atomic E-state index is 12.0. The number of para-hydroxylation sites is 1. The van der Waals surface area contributed by atoms with Crippen molar-refractivity contribution in [3.63, 3.8) is 0 Å². The van der Waals surface area contributed by atoms with Crippen LogP contribution in [0.25, 0.3) is 28.1 Å². The fourth-order valence-electron chi connectivity index (χ4n) is 3.22. The Morgan fingerprint density at radius 1 is 0.630 bits per heavy atom. The van der Waals surface area contributed by atoms with Crippen molar-refractivity contribution < 1.29 is 14.5 Å². The minimum Gasteiger partial charge on any atom is -0.539 e. The van der Waals surface area contributed by atoms with Gasteiger partial charge in [-0.2, -0.15) is 4.57 Å². The number of carbonyl (C=O) groups excluding carboxylic acids is 1. The van der Waals surface area contributed by atoms with Crippen molar-refractivity contribution in [3.05, 3.63) is 109 Å². The average Bonchev–Trinajstić information content (AvgIpc) is 2.74. The topological polar surface area (TPSA) is 44.0 Å². The molecular formula is C24H17NO2. The van der Waals surface area contributed by atoms with E-state index in [-0.39, 0.29) is 5.69 Å². The summed E-state index contributed by atoms with van der Waals surface area (Å²) in [6.07, 6.45) is 0. The van der Waals surface area contributed by atoms with Crippen LogP contribution in [0.4, 0.5) is 0 Å². The molecule has 3 nitrogen and oxygen atoms in total. The summed E-state index contributed by atoms with van der Waals surface area (Å²) in [5.41, 5.74) is 4.40. The van der Waals surface area contributed by atoms with Crippen molar-refractivity contribution >= 4 is 5.97 Å². The van der Waals surface area contributed by atoms with Crippen LogP contribution in [0.15, 0.2) is 103 Å². The van der Waals surface area contributed by atoms with Crippen LogP contribution in [0.3, 0.4) is 0 Å². The van der Waals surface area contributed by atoms with Gasteiger partial charge < -0.3 is 9.90 Å². The number of carbonyl (C=O) groups is 1. The molecule has 0 fully saturated rings. The van der Waals surface area contributed by atoms with Gasteiger partial charge in [0.2, 0.25) is 17.1 Å². The van der Waals surface area contributed by atoms with Crippen LogP contribution in [0.1, 0.15) is 10.5 Å². The number of nitrogens with zero attached hydrogens (tertiary/aromatic N) is 1. The Hall–Kier alpha value is -3.72. The molecular weight excluding hydrogens is 334 g/mol. The number of rotatable bonds is 4. The van der Waals surface area contributed by atoms with E-state index >= 15 is 0 Å². The highest BCUT2D eigenvalue weighted by molar-refractivity contribution is 5.85. The maximum Gasteiger partial charge on any atom is 0.235 e. The predicted octanol–water partition coefficient (Wildman–Crippen LogP) is 3.66. The first-order valence-corrected chi connectivity index (χ1v) is 8.72. The number of hydrogen-bond acceptors (Lipinski definition) is 2. The van der Waals surface area contributed by atoms with Crippen molar-refractivity contribution in [2.75, 3.05) is 0 Å². The number of carboxylic acids is 1. The number of carboxylic acid groups (broad SMARTS) is 1. The number of hydrogen-bond donors (Lipinski definition) is 0. The van der Waals surface area contributed by atoms with Crippen LogP contribution >= 0.6 is 0 Å². The lowest BCUT2D eigenvalue weighted by Crippen LogP contribution is -2.44. The summed E-state index contributed by atoms with van der Waals surface area (Å²) in [5.74, 6) is -1.21. The SMILES string of the molecule is O=C([O-])c1cc(-c2ccccc2)cc(-c2ccccc2)[n+]1-c1ccccc1. The molecule has 27 heavy (non-hydrogen) atoms. The van der Waals surface area contributed by atoms with Gasteiger partial charge in [-0.3, -0.25) is 0 Å². The van der Waals surface area contributed by atoms with E-state index in [1.54, 1.807) is 10.6 Å². The molecule has 3 heteroatoms. The third kappa shape index (κ3) is 3.35. The first kappa shape index (κ1) is 16.7. The first-order chi connectivity index (χ1) is 13.2. The zero-order valence-electron chi connectivity index (χ0n) is 14.6. The molecule has 3 aromatic carbocycles. The second-order valence-electron chi connectivity index (χ2n) is 6.20. The summed E-state index contributed by atoms with van der Waals surface area (Å²) in [6.45, 7) is 0. The standard InChI is InChI=1S/C24H17NO2/c26-24(27)23-17-20(18-10-4-1-5-11-18)16-22(19-12-6-2-7-13-19)25(23)21-14-8-3-9-15-21/h1-17H. The third-order valence-electron chi connectivity index (χ3n) is 4.47. The Labute approximate surface area is 157 Å². The highest BCUT2D eigenvalue weighted by Gasteiger charge is 2.24. The smallest absolute Gasteiger partial charge is 0.235 e. The molecule has 1 heterocycles. The fourth-order valence-corrected chi connectivity index (χ4v) is 3.22. The zero-order chi connectivity index (χ0) is 18.6. The van der Waals surface area contributed by atoms with Crippen molar-refractivity contribution in [1.29, 1.82) is 0 Å². The van der Waals surface area contributed by atoms with Crippen LogP contribution in [-0.4, -0.2) is 5.97 Å². The molecule has 4 rings (SSSR count). The van der Waals surface area contributed by atoms with Gasteiger partial charge >= 0.3 is 0 Å². The Balaban J connectivity index is 2.06. The summed E-state index contributed by atoms with van der Waals surface area (Å²) in [7, 11) is 0. The van der Waals surface area contributed by atoms with Crippen molar-refractivity contribution in [2.45, 2.75) is 0 Å². The Morgan fingerprint density at radius 2 is 1.15 bits per heavy atom. The van der Waals surface area contributed by atoms with Crippen LogP contribution in [0.5, 0.6) is 0 Å². The molecule has 4 aromatic rings. The Bertz CT molecular complexity index is 1080. The summed E-state index contributed by atoms with van der Waals surface area (Å²) < 4.78 is 1.73. The molecule has 0 aliphatic heterocycles. The Kier molecular flexibility index (Phi) is 4.50. The minimum atomic E-state index is -1.21. The largest absolute Gasteiger partial charge is 0.539 e. The minimum absolute atomic E-state index is 0.112. The number of benzene rings is 3. The fraction of sp³-hybridized carbons (Fsp3) is 0. The normalized spacial score (nSPS) is 10.5. The predicted molar refractivity (Wildman–Crippen MR) is 103 cm³/mol. The van der Waals surface area contributed by atoms with Crippen molar-refractivity contribution in [2.24, 2.45) is 0 Å². The van der Waals surface area contributed by atoms with E-state index in [9.17, 15) is 9.90 Å². The molecule has 0 saturated carbocycles. The lowest BCUT2D eigenvalue weighted by atomic mass is 10.0. The summed E-state index contributed by atoms with van der Waals surface area (Å²) >= 11 is 0. The molecule has 0 saturated heterocycles. The van der Waals surface area contributed by atoms with E-state index in [1.165, 1.54) is 0 Å². The molecule has 130 valence electrons. The zero-order valence-corrected chi connectivity index (χ0v) is 14.6. The molecule has 0 aliphatic rings. The lowest BCUT2D eigenvalue weighted by Gasteiger charge is -2.12. The van der Waals surface area contributed by atoms with Crippen LogP contribution in [0.2, 0.25) is 0 Å². The molecule has 0 aliphatic carbocycles. The second kappa shape index (κ2) is 7.26. The van der Waals surface area contributed by atoms with Crippen LogP contribution in [0, 0.1) is 0 Å². The molecule has 0 spiro atoms. The van der Waals surface area contributed by atoms with Gasteiger partial charge in [-0.1, -0.05) is 66.7 Å². The van der Waals surface area contributed by atoms with Crippen LogP contribution < -0.4 is 9.67 Å². The number of aromatic carboxylic acids is 1. The molecule has 0 amide bonds. The van der Waals surface area contributed by atoms with E-state index < -0.39 is 5.97 Å². The van der Waals surface area contributed by atoms with E-state index in [0.29, 0.717) is 0 Å². The van der Waals surface area contributed by atoms with Gasteiger partial charge in [0.1, 0.15) is 5.97 Å². The average molecular weight is 351 g/mol. The second-order valence-corrected chi connectivity index (χ2v) is 6.20. The van der Waals surface area contributed by atoms with Gasteiger partial charge in [0.25, 0.3) is 0 Å². The van der Waals surface area contributed by atoms with Crippen molar-refractivity contribution in [1.82, 2.24) is 0 Å². The van der Waals surface area contributed by atoms with Crippen LogP contribution in [-0.2, 0) is 0 Å². The highest BCUT2D eigenvalue weighted by Crippen LogP contribution is 2.26. The van der Waals surface area contributed by atoms with Gasteiger partial charge in [0.15, 0.2) is 0 Å². The van der Waals surface area contributed by atoms with Gasteiger partial charge in [0.05, 0.1) is 0 Å².